The molecule has 0 radical (unpaired) electrons. The summed E-state index contributed by atoms with van der Waals surface area (Å²) in [6.45, 7) is 4.72. The molecule has 56 heavy (non-hydrogen) atoms. The van der Waals surface area contributed by atoms with Gasteiger partial charge < -0.3 is 4.90 Å². The lowest BCUT2D eigenvalue weighted by atomic mass is 9.81. The maximum atomic E-state index is 2.46. The summed E-state index contributed by atoms with van der Waals surface area (Å²) in [7, 11) is 0. The summed E-state index contributed by atoms with van der Waals surface area (Å²) in [6.07, 6.45) is 0. The first kappa shape index (κ1) is 33.6. The number of hydrogen-bond donors (Lipinski definition) is 0. The van der Waals surface area contributed by atoms with Gasteiger partial charge in [0.1, 0.15) is 0 Å². The topological polar surface area (TPSA) is 3.24 Å². The van der Waals surface area contributed by atoms with Gasteiger partial charge in [-0.3, -0.25) is 0 Å². The fourth-order valence-corrected chi connectivity index (χ4v) is 8.88. The molecule has 0 aromatic heterocycles. The Hall–Kier alpha value is -6.96. The Kier molecular flexibility index (Phi) is 8.23. The van der Waals surface area contributed by atoms with Gasteiger partial charge in [-0.1, -0.05) is 184 Å². The average molecular weight is 716 g/mol. The minimum absolute atomic E-state index is 0.0719. The molecule has 0 fully saturated rings. The van der Waals surface area contributed by atoms with Crippen molar-refractivity contribution in [2.45, 2.75) is 19.3 Å². The molecule has 0 spiro atoms. The van der Waals surface area contributed by atoms with Crippen LogP contribution in [0.4, 0.5) is 17.1 Å². The van der Waals surface area contributed by atoms with E-state index in [1.807, 2.05) is 0 Å². The largest absolute Gasteiger partial charge is 0.310 e. The number of anilines is 3. The first-order valence-electron chi connectivity index (χ1n) is 19.5. The van der Waals surface area contributed by atoms with Gasteiger partial charge in [-0.2, -0.15) is 0 Å². The highest BCUT2D eigenvalue weighted by Gasteiger charge is 2.35. The Morgan fingerprint density at radius 1 is 0.321 bits per heavy atom. The summed E-state index contributed by atoms with van der Waals surface area (Å²) in [5, 5.41) is 2.54. The molecule has 1 heteroatoms. The van der Waals surface area contributed by atoms with Gasteiger partial charge in [0, 0.05) is 22.4 Å². The van der Waals surface area contributed by atoms with Crippen LogP contribution in [0, 0.1) is 0 Å². The minimum Gasteiger partial charge on any atom is -0.310 e. The predicted octanol–water partition coefficient (Wildman–Crippen LogP) is 15.3. The SMILES string of the molecule is CC1(C)c2ccccc2-c2cc3cccc(-c4cccc(N(c5ccc(-c6ccccc6)cc5)c5ccccc5-c5ccccc5-c5ccccc5)c4)c3cc21. The number of para-hydroxylation sites is 1. The van der Waals surface area contributed by atoms with Gasteiger partial charge in [-0.15, -0.1) is 0 Å². The molecule has 0 saturated heterocycles. The molecule has 266 valence electrons. The highest BCUT2D eigenvalue weighted by Crippen LogP contribution is 2.51. The maximum absolute atomic E-state index is 2.46. The van der Waals surface area contributed by atoms with E-state index in [4.69, 9.17) is 0 Å². The molecule has 1 aliphatic rings. The van der Waals surface area contributed by atoms with Gasteiger partial charge in [0.15, 0.2) is 0 Å². The van der Waals surface area contributed by atoms with Gasteiger partial charge >= 0.3 is 0 Å². The Bertz CT molecular complexity index is 2870. The number of fused-ring (bicyclic) bond motifs is 4. The summed E-state index contributed by atoms with van der Waals surface area (Å²) in [6, 6.07) is 77.5. The van der Waals surface area contributed by atoms with Gasteiger partial charge in [-0.05, 0) is 114 Å². The third-order valence-electron chi connectivity index (χ3n) is 11.7. The Balaban J connectivity index is 1.15. The van der Waals surface area contributed by atoms with E-state index in [2.05, 4.69) is 231 Å². The quantitative estimate of drug-likeness (QED) is 0.159. The Labute approximate surface area is 329 Å². The van der Waals surface area contributed by atoms with Crippen LogP contribution < -0.4 is 4.90 Å². The van der Waals surface area contributed by atoms with E-state index >= 15 is 0 Å². The molecule has 0 aliphatic heterocycles. The molecule has 0 saturated carbocycles. The normalized spacial score (nSPS) is 12.6. The number of nitrogens with zero attached hydrogens (tertiary/aromatic N) is 1. The molecule has 0 heterocycles. The zero-order valence-corrected chi connectivity index (χ0v) is 31.7. The van der Waals surface area contributed by atoms with E-state index in [9.17, 15) is 0 Å². The minimum atomic E-state index is -0.0719. The molecular weight excluding hydrogens is 675 g/mol. The van der Waals surface area contributed by atoms with E-state index in [0.29, 0.717) is 0 Å². The van der Waals surface area contributed by atoms with E-state index in [-0.39, 0.29) is 5.41 Å². The van der Waals surface area contributed by atoms with Crippen LogP contribution in [0.25, 0.3) is 66.4 Å². The van der Waals surface area contributed by atoms with Crippen molar-refractivity contribution < 1.29 is 0 Å². The molecule has 0 bridgehead atoms. The van der Waals surface area contributed by atoms with Crippen LogP contribution in [-0.4, -0.2) is 0 Å². The van der Waals surface area contributed by atoms with Crippen molar-refractivity contribution in [3.63, 3.8) is 0 Å². The summed E-state index contributed by atoms with van der Waals surface area (Å²) in [5.74, 6) is 0. The van der Waals surface area contributed by atoms with Crippen LogP contribution in [0.3, 0.4) is 0 Å². The fourth-order valence-electron chi connectivity index (χ4n) is 8.88. The zero-order valence-electron chi connectivity index (χ0n) is 31.7. The molecule has 9 aromatic rings. The summed E-state index contributed by atoms with van der Waals surface area (Å²) >= 11 is 0. The van der Waals surface area contributed by atoms with Crippen molar-refractivity contribution in [3.05, 3.63) is 223 Å². The number of hydrogen-bond acceptors (Lipinski definition) is 1. The summed E-state index contributed by atoms with van der Waals surface area (Å²) in [4.78, 5) is 2.43. The third kappa shape index (κ3) is 5.72. The van der Waals surface area contributed by atoms with Crippen LogP contribution in [0.2, 0.25) is 0 Å². The van der Waals surface area contributed by atoms with Gasteiger partial charge in [0.05, 0.1) is 5.69 Å². The molecule has 0 amide bonds. The lowest BCUT2D eigenvalue weighted by molar-refractivity contribution is 0.661. The molecule has 10 rings (SSSR count). The smallest absolute Gasteiger partial charge is 0.0540 e. The zero-order chi connectivity index (χ0) is 37.6. The van der Waals surface area contributed by atoms with Crippen LogP contribution in [-0.2, 0) is 5.41 Å². The molecule has 0 atom stereocenters. The van der Waals surface area contributed by atoms with Crippen molar-refractivity contribution >= 4 is 27.8 Å². The Morgan fingerprint density at radius 2 is 0.893 bits per heavy atom. The van der Waals surface area contributed by atoms with Crippen molar-refractivity contribution in [1.29, 1.82) is 0 Å². The molecular formula is C55H41N. The summed E-state index contributed by atoms with van der Waals surface area (Å²) < 4.78 is 0. The third-order valence-corrected chi connectivity index (χ3v) is 11.7. The average Bonchev–Trinajstić information content (AvgIpc) is 3.49. The second-order valence-electron chi connectivity index (χ2n) is 15.3. The molecule has 1 aliphatic carbocycles. The van der Waals surface area contributed by atoms with Gasteiger partial charge in [0.25, 0.3) is 0 Å². The monoisotopic (exact) mass is 715 g/mol. The first-order chi connectivity index (χ1) is 27.5. The molecule has 9 aromatic carbocycles. The second kappa shape index (κ2) is 13.7. The lowest BCUT2D eigenvalue weighted by Crippen LogP contribution is -2.14. The van der Waals surface area contributed by atoms with Crippen molar-refractivity contribution in [1.82, 2.24) is 0 Å². The first-order valence-corrected chi connectivity index (χ1v) is 19.5. The predicted molar refractivity (Wildman–Crippen MR) is 238 cm³/mol. The summed E-state index contributed by atoms with van der Waals surface area (Å²) in [5.41, 5.74) is 18.3. The van der Waals surface area contributed by atoms with E-state index in [1.54, 1.807) is 0 Å². The number of rotatable bonds is 7. The van der Waals surface area contributed by atoms with Crippen LogP contribution in [0.1, 0.15) is 25.0 Å². The molecule has 0 N–H and O–H groups in total. The van der Waals surface area contributed by atoms with E-state index < -0.39 is 0 Å². The second-order valence-corrected chi connectivity index (χ2v) is 15.3. The van der Waals surface area contributed by atoms with E-state index in [0.717, 1.165) is 17.1 Å². The maximum Gasteiger partial charge on any atom is 0.0540 e. The van der Waals surface area contributed by atoms with Gasteiger partial charge in [0.2, 0.25) is 0 Å². The van der Waals surface area contributed by atoms with E-state index in [1.165, 1.54) is 77.5 Å². The lowest BCUT2D eigenvalue weighted by Gasteiger charge is -2.29. The Morgan fingerprint density at radius 3 is 1.66 bits per heavy atom. The molecule has 0 unspecified atom stereocenters. The van der Waals surface area contributed by atoms with Crippen molar-refractivity contribution in [3.8, 4) is 55.6 Å². The van der Waals surface area contributed by atoms with Gasteiger partial charge in [-0.25, -0.2) is 0 Å². The standard InChI is InChI=1S/C55H41N/c1-55(2)52-29-13-11-26-48(52)51-36-42-22-16-28-46(50(42)37-53(51)55)41-21-15-23-44(35-41)56(43-33-31-39(32-34-43)38-17-5-3-6-18-38)54-30-14-12-27-49(54)47-25-10-9-24-45(47)40-19-7-4-8-20-40/h3-37H,1-2H3. The van der Waals surface area contributed by atoms with Crippen molar-refractivity contribution in [2.24, 2.45) is 0 Å². The van der Waals surface area contributed by atoms with Crippen LogP contribution >= 0.6 is 0 Å². The van der Waals surface area contributed by atoms with Crippen LogP contribution in [0.15, 0.2) is 212 Å². The fraction of sp³-hybridized carbons (Fsp3) is 0.0545. The highest BCUT2D eigenvalue weighted by molar-refractivity contribution is 6.02. The molecule has 1 nitrogen and oxygen atoms in total. The highest BCUT2D eigenvalue weighted by atomic mass is 15.1. The number of benzene rings is 9. The van der Waals surface area contributed by atoms with Crippen molar-refractivity contribution in [2.75, 3.05) is 4.90 Å². The van der Waals surface area contributed by atoms with Crippen LogP contribution in [0.5, 0.6) is 0 Å².